The molecule has 1 heterocycles. The van der Waals surface area contributed by atoms with Gasteiger partial charge in [0.1, 0.15) is 29.8 Å². The van der Waals surface area contributed by atoms with Gasteiger partial charge >= 0.3 is 24.2 Å². The number of carbonyl (C=O) groups excluding carboxylic acids is 4. The Kier molecular flexibility index (Phi) is 19.9. The van der Waals surface area contributed by atoms with E-state index in [1.807, 2.05) is 45.0 Å². The summed E-state index contributed by atoms with van der Waals surface area (Å²) >= 11 is 0. The summed E-state index contributed by atoms with van der Waals surface area (Å²) in [5.74, 6) is 3.93. The first-order valence-electron chi connectivity index (χ1n) is 21.1. The summed E-state index contributed by atoms with van der Waals surface area (Å²) in [7, 11) is 2.98. The Morgan fingerprint density at radius 1 is 0.687 bits per heavy atom. The number of benzene rings is 4. The monoisotopic (exact) mass is 911 g/mol. The highest BCUT2D eigenvalue weighted by Crippen LogP contribution is 2.32. The lowest BCUT2D eigenvalue weighted by atomic mass is 10.1. The van der Waals surface area contributed by atoms with E-state index in [4.69, 9.17) is 40.3 Å². The number of nitriles is 2. The zero-order valence-corrected chi connectivity index (χ0v) is 38.0. The quantitative estimate of drug-likeness (QED) is 0.0477. The zero-order valence-electron chi connectivity index (χ0n) is 38.0. The van der Waals surface area contributed by atoms with E-state index in [1.54, 1.807) is 85.9 Å². The molecule has 0 aliphatic heterocycles. The van der Waals surface area contributed by atoms with Crippen molar-refractivity contribution in [1.29, 1.82) is 10.5 Å². The van der Waals surface area contributed by atoms with Gasteiger partial charge in [-0.25, -0.2) is 24.2 Å². The van der Waals surface area contributed by atoms with E-state index in [9.17, 15) is 19.2 Å². The van der Waals surface area contributed by atoms with Gasteiger partial charge in [-0.1, -0.05) is 38.1 Å². The summed E-state index contributed by atoms with van der Waals surface area (Å²) in [5.41, 5.74) is 4.72. The Morgan fingerprint density at radius 3 is 1.63 bits per heavy atom. The fourth-order valence-electron chi connectivity index (χ4n) is 6.20. The van der Waals surface area contributed by atoms with E-state index < -0.39 is 30.4 Å². The van der Waals surface area contributed by atoms with Crippen LogP contribution in [0.5, 0.6) is 11.5 Å². The van der Waals surface area contributed by atoms with Gasteiger partial charge in [-0.3, -0.25) is 0 Å². The number of methoxy groups -OCH3 is 2. The highest BCUT2D eigenvalue weighted by atomic mass is 16.6. The molecule has 67 heavy (non-hydrogen) atoms. The van der Waals surface area contributed by atoms with Crippen molar-refractivity contribution in [1.82, 2.24) is 15.6 Å². The number of hydrogen-bond donors (Lipinski definition) is 6. The number of nitrogens with zero attached hydrogens (tertiary/aromatic N) is 3. The lowest BCUT2D eigenvalue weighted by Gasteiger charge is -2.18. The minimum atomic E-state index is -0.599. The first kappa shape index (κ1) is 50.9. The first-order valence-corrected chi connectivity index (χ1v) is 21.1. The minimum absolute atomic E-state index is 0.140. The Labute approximate surface area is 389 Å². The third-order valence-electron chi connectivity index (χ3n) is 9.82. The molecule has 0 fully saturated rings. The van der Waals surface area contributed by atoms with Crippen LogP contribution in [0.2, 0.25) is 0 Å². The van der Waals surface area contributed by atoms with Crippen LogP contribution < -0.4 is 41.4 Å². The Bertz CT molecular complexity index is 2580. The van der Waals surface area contributed by atoms with E-state index in [1.165, 1.54) is 20.6 Å². The van der Waals surface area contributed by atoms with Crippen molar-refractivity contribution < 1.29 is 42.5 Å². The second-order valence-electron chi connectivity index (χ2n) is 14.6. The second kappa shape index (κ2) is 26.2. The van der Waals surface area contributed by atoms with Gasteiger partial charge in [0, 0.05) is 41.3 Å². The largest absolute Gasteiger partial charge is 0.496 e. The molecular weight excluding hydrogens is 859 g/mol. The molecule has 0 aliphatic rings. The summed E-state index contributed by atoms with van der Waals surface area (Å²) in [6.45, 7) is 7.35. The molecule has 4 atom stereocenters. The molecule has 18 nitrogen and oxygen atoms in total. The minimum Gasteiger partial charge on any atom is -0.496 e. The second-order valence-corrected chi connectivity index (χ2v) is 14.6. The lowest BCUT2D eigenvalue weighted by Crippen LogP contribution is -2.31. The molecule has 18 heteroatoms. The van der Waals surface area contributed by atoms with Gasteiger partial charge in [-0.2, -0.15) is 10.5 Å². The molecule has 0 spiro atoms. The number of hydrogen-bond acceptors (Lipinski definition) is 12. The molecule has 2 unspecified atom stereocenters. The maximum absolute atomic E-state index is 12.6. The van der Waals surface area contributed by atoms with Crippen molar-refractivity contribution in [3.05, 3.63) is 114 Å². The van der Waals surface area contributed by atoms with Crippen molar-refractivity contribution in [2.45, 2.75) is 77.7 Å². The molecule has 348 valence electrons. The van der Waals surface area contributed by atoms with Crippen LogP contribution in [0.25, 0.3) is 11.3 Å². The number of carbonyl (C=O) groups is 4. The molecule has 0 aliphatic carbocycles. The van der Waals surface area contributed by atoms with Gasteiger partial charge in [0.15, 0.2) is 12.2 Å². The van der Waals surface area contributed by atoms with Crippen molar-refractivity contribution >= 4 is 47.0 Å². The van der Waals surface area contributed by atoms with Crippen LogP contribution in [0.3, 0.4) is 0 Å². The number of nitrogens with one attached hydrogen (secondary N) is 6. The number of terminal acetylenes is 1. The van der Waals surface area contributed by atoms with Crippen LogP contribution in [0.15, 0.2) is 102 Å². The number of anilines is 4. The van der Waals surface area contributed by atoms with Gasteiger partial charge in [0.25, 0.3) is 0 Å². The average Bonchev–Trinajstić information content (AvgIpc) is 3.86. The maximum Gasteiger partial charge on any atom is 0.407 e. The molecule has 5 aromatic rings. The molecule has 0 radical (unpaired) electrons. The summed E-state index contributed by atoms with van der Waals surface area (Å²) < 4.78 is 26.5. The predicted octanol–water partition coefficient (Wildman–Crippen LogP) is 10.3. The van der Waals surface area contributed by atoms with E-state index >= 15 is 0 Å². The summed E-state index contributed by atoms with van der Waals surface area (Å²) in [4.78, 5) is 53.1. The summed E-state index contributed by atoms with van der Waals surface area (Å²) in [5, 5.41) is 34.3. The molecular formula is C49H53N9O9. The standard InChI is InChI=1S/C25H27N5O5.C24H26N4O4/c1-4-20(10-11-26)35-25(32)28-16(2)17-6-5-7-18(12-17)29-24(31)30-19-8-9-21(22(13-19)33-3)23-14-27-15-34-23;1-5-8-21(6-2)32-24(30)26-16(3)17-9-7-10-19(13-17)27-23(29)28-20-12-11-18(15-25)22(14-20)31-4/h5-9,12-16,20H,4,10H2,1-3H3,(H,28,32)(H2,29,30,31);1,7,9-14,16,21H,6,8H2,2-4H3,(H,26,30)(H2,27,28,29)/t16-,20?;16-,21?/m00/s1. The van der Waals surface area contributed by atoms with Crippen LogP contribution in [0.4, 0.5) is 41.9 Å². The van der Waals surface area contributed by atoms with E-state index in [0.717, 1.165) is 11.1 Å². The zero-order chi connectivity index (χ0) is 48.7. The van der Waals surface area contributed by atoms with Crippen LogP contribution in [0.1, 0.15) is 82.2 Å². The average molecular weight is 912 g/mol. The lowest BCUT2D eigenvalue weighted by molar-refractivity contribution is 0.0942. The van der Waals surface area contributed by atoms with Gasteiger partial charge in [0.05, 0.1) is 56.1 Å². The summed E-state index contributed by atoms with van der Waals surface area (Å²) in [6.07, 6.45) is 7.95. The van der Waals surface area contributed by atoms with Crippen LogP contribution >= 0.6 is 0 Å². The number of rotatable bonds is 17. The fraction of sp³-hybridized carbons (Fsp3) is 0.286. The smallest absolute Gasteiger partial charge is 0.407 e. The van der Waals surface area contributed by atoms with Gasteiger partial charge < -0.3 is 55.3 Å². The first-order chi connectivity index (χ1) is 32.3. The highest BCUT2D eigenvalue weighted by molar-refractivity contribution is 6.01. The number of oxazole rings is 1. The van der Waals surface area contributed by atoms with Gasteiger partial charge in [-0.15, -0.1) is 12.3 Å². The number of amides is 6. The topological polar surface area (TPSA) is 251 Å². The van der Waals surface area contributed by atoms with E-state index in [-0.39, 0.29) is 24.6 Å². The van der Waals surface area contributed by atoms with Crippen molar-refractivity contribution in [3.8, 4) is 47.3 Å². The van der Waals surface area contributed by atoms with Crippen LogP contribution in [0, 0.1) is 35.0 Å². The van der Waals surface area contributed by atoms with Gasteiger partial charge in [0.2, 0.25) is 0 Å². The highest BCUT2D eigenvalue weighted by Gasteiger charge is 2.18. The molecule has 5 rings (SSSR count). The fourth-order valence-corrected chi connectivity index (χ4v) is 6.20. The molecule has 0 bridgehead atoms. The van der Waals surface area contributed by atoms with E-state index in [0.29, 0.717) is 70.4 Å². The molecule has 0 saturated heterocycles. The van der Waals surface area contributed by atoms with Crippen molar-refractivity contribution in [2.24, 2.45) is 0 Å². The Balaban J connectivity index is 0.000000294. The molecule has 6 amide bonds. The van der Waals surface area contributed by atoms with E-state index in [2.05, 4.69) is 42.8 Å². The third kappa shape index (κ3) is 16.1. The number of aromatic nitrogens is 1. The number of urea groups is 2. The number of ether oxygens (including phenoxy) is 4. The van der Waals surface area contributed by atoms with Crippen molar-refractivity contribution in [3.63, 3.8) is 0 Å². The molecule has 1 aromatic heterocycles. The van der Waals surface area contributed by atoms with Crippen LogP contribution in [-0.2, 0) is 9.47 Å². The van der Waals surface area contributed by atoms with Crippen molar-refractivity contribution in [2.75, 3.05) is 35.5 Å². The third-order valence-corrected chi connectivity index (χ3v) is 9.82. The molecule has 4 aromatic carbocycles. The number of alkyl carbamates (subject to hydrolysis) is 2. The molecule has 0 saturated carbocycles. The predicted molar refractivity (Wildman–Crippen MR) is 252 cm³/mol. The van der Waals surface area contributed by atoms with Gasteiger partial charge in [-0.05, 0) is 86.3 Å². The Hall–Kier alpha value is -8.69. The normalized spacial score (nSPS) is 11.9. The Morgan fingerprint density at radius 2 is 1.18 bits per heavy atom. The summed E-state index contributed by atoms with van der Waals surface area (Å²) in [6, 6.07) is 26.5. The maximum atomic E-state index is 12.6. The molecule has 6 N–H and O–H groups in total. The SMILES string of the molecule is C#CCC(CC)OC(=O)N[C@@H](C)c1cccc(NC(=O)Nc2ccc(C#N)c(OC)c2)c1.CCC(CC#N)OC(=O)N[C@@H](C)c1cccc(NC(=O)Nc2ccc(-c3cnco3)c(OC)c2)c1. The van der Waals surface area contributed by atoms with Crippen LogP contribution in [-0.4, -0.2) is 55.7 Å².